The molecule has 1 heterocycles. The van der Waals surface area contributed by atoms with Gasteiger partial charge in [-0.2, -0.15) is 11.8 Å². The Morgan fingerprint density at radius 1 is 1.29 bits per heavy atom. The zero-order valence-electron chi connectivity index (χ0n) is 11.9. The predicted octanol–water partition coefficient (Wildman–Crippen LogP) is 3.72. The van der Waals surface area contributed by atoms with Crippen molar-refractivity contribution >= 4 is 29.9 Å². The number of nitrogens with one attached hydrogen (secondary N) is 2. The van der Waals surface area contributed by atoms with Gasteiger partial charge in [0.25, 0.3) is 5.91 Å². The van der Waals surface area contributed by atoms with Crippen LogP contribution < -0.4 is 5.32 Å². The van der Waals surface area contributed by atoms with Crippen LogP contribution in [0.1, 0.15) is 21.5 Å². The fourth-order valence-electron chi connectivity index (χ4n) is 1.81. The Kier molecular flexibility index (Phi) is 6.02. The molecule has 0 aliphatic heterocycles. The fourth-order valence-corrected chi connectivity index (χ4v) is 2.85. The Bertz CT molecular complexity index is 650. The van der Waals surface area contributed by atoms with Gasteiger partial charge in [0, 0.05) is 24.2 Å². The van der Waals surface area contributed by atoms with E-state index in [1.54, 1.807) is 30.1 Å². The quantitative estimate of drug-likeness (QED) is 0.630. The van der Waals surface area contributed by atoms with Crippen LogP contribution in [0.4, 0.5) is 0 Å². The van der Waals surface area contributed by atoms with Crippen molar-refractivity contribution in [2.45, 2.75) is 12.7 Å². The molecule has 2 aromatic rings. The molecule has 0 aliphatic carbocycles. The summed E-state index contributed by atoms with van der Waals surface area (Å²) in [5, 5.41) is 2.89. The van der Waals surface area contributed by atoms with E-state index in [1.807, 2.05) is 0 Å². The van der Waals surface area contributed by atoms with E-state index in [0.717, 1.165) is 11.5 Å². The molecule has 2 rings (SSSR count). The van der Waals surface area contributed by atoms with E-state index in [4.69, 9.17) is 12.2 Å². The summed E-state index contributed by atoms with van der Waals surface area (Å²) in [4.78, 5) is 14.8. The molecule has 110 valence electrons. The highest BCUT2D eigenvalue weighted by Gasteiger charge is 2.05. The molecule has 2 N–H and O–H groups in total. The van der Waals surface area contributed by atoms with Crippen molar-refractivity contribution in [2.24, 2.45) is 0 Å². The molecule has 5 heteroatoms. The molecule has 3 nitrogen and oxygen atoms in total. The van der Waals surface area contributed by atoms with E-state index in [-0.39, 0.29) is 5.91 Å². The van der Waals surface area contributed by atoms with Gasteiger partial charge in [-0.3, -0.25) is 4.79 Å². The summed E-state index contributed by atoms with van der Waals surface area (Å²) in [5.74, 6) is 1.72. The number of rotatable bonds is 6. The highest BCUT2D eigenvalue weighted by Crippen LogP contribution is 2.12. The third kappa shape index (κ3) is 5.02. The lowest BCUT2D eigenvalue weighted by atomic mass is 10.2. The average molecular weight is 318 g/mol. The minimum Gasteiger partial charge on any atom is -0.352 e. The van der Waals surface area contributed by atoms with Crippen LogP contribution in [-0.2, 0) is 5.75 Å². The Hall–Kier alpha value is -1.59. The molecule has 0 radical (unpaired) electrons. The van der Waals surface area contributed by atoms with Gasteiger partial charge in [0.1, 0.15) is 4.64 Å². The topological polar surface area (TPSA) is 44.9 Å². The number of carbonyl (C=O) groups excluding carboxylic acids is 1. The lowest BCUT2D eigenvalue weighted by molar-refractivity contribution is 0.0955. The van der Waals surface area contributed by atoms with Gasteiger partial charge in [0.05, 0.1) is 5.56 Å². The van der Waals surface area contributed by atoms with E-state index < -0.39 is 0 Å². The maximum absolute atomic E-state index is 11.9. The summed E-state index contributed by atoms with van der Waals surface area (Å²) < 4.78 is 0.474. The minimum atomic E-state index is -0.118. The van der Waals surface area contributed by atoms with Gasteiger partial charge in [-0.05, 0) is 24.6 Å². The number of H-pyrrole nitrogens is 1. The normalized spacial score (nSPS) is 10.3. The molecule has 0 fully saturated rings. The van der Waals surface area contributed by atoms with Crippen molar-refractivity contribution in [2.75, 3.05) is 12.3 Å². The zero-order valence-corrected chi connectivity index (χ0v) is 13.5. The first kappa shape index (κ1) is 15.8. The first-order chi connectivity index (χ1) is 10.2. The van der Waals surface area contributed by atoms with Crippen molar-refractivity contribution in [1.82, 2.24) is 10.3 Å². The Morgan fingerprint density at radius 3 is 2.76 bits per heavy atom. The van der Waals surface area contributed by atoms with Gasteiger partial charge in [0.15, 0.2) is 0 Å². The number of aryl methyl sites for hydroxylation is 1. The molecule has 0 atom stereocenters. The van der Waals surface area contributed by atoms with Crippen molar-refractivity contribution in [1.29, 1.82) is 0 Å². The fraction of sp³-hybridized carbons (Fsp3) is 0.250. The van der Waals surface area contributed by atoms with E-state index >= 15 is 0 Å². The third-order valence-electron chi connectivity index (χ3n) is 2.98. The highest BCUT2D eigenvalue weighted by molar-refractivity contribution is 7.98. The van der Waals surface area contributed by atoms with E-state index in [1.165, 1.54) is 11.1 Å². The van der Waals surface area contributed by atoms with Crippen LogP contribution in [0.3, 0.4) is 0 Å². The summed E-state index contributed by atoms with van der Waals surface area (Å²) in [6, 6.07) is 12.0. The van der Waals surface area contributed by atoms with Crippen LogP contribution in [0, 0.1) is 11.6 Å². The molecule has 21 heavy (non-hydrogen) atoms. The number of hydrogen-bond acceptors (Lipinski definition) is 3. The first-order valence-electron chi connectivity index (χ1n) is 6.76. The van der Waals surface area contributed by atoms with Crippen molar-refractivity contribution in [3.63, 3.8) is 0 Å². The minimum absolute atomic E-state index is 0.118. The number of thioether (sulfide) groups is 1. The highest BCUT2D eigenvalue weighted by atomic mass is 32.2. The van der Waals surface area contributed by atoms with Crippen molar-refractivity contribution < 1.29 is 4.79 Å². The molecule has 1 amide bonds. The number of aromatic nitrogens is 1. The standard InChI is InChI=1S/C16H18N2OS2/c1-12-4-6-13(7-5-12)11-21-10-9-17-15(19)14-3-2-8-18-16(14)20/h2-8H,9-11H2,1H3,(H,17,19)(H,18,20). The summed E-state index contributed by atoms with van der Waals surface area (Å²) in [5.41, 5.74) is 3.11. The monoisotopic (exact) mass is 318 g/mol. The second kappa shape index (κ2) is 8.00. The summed E-state index contributed by atoms with van der Waals surface area (Å²) in [7, 11) is 0. The molecule has 0 aliphatic rings. The van der Waals surface area contributed by atoms with Gasteiger partial charge in [-0.15, -0.1) is 0 Å². The number of carbonyl (C=O) groups is 1. The number of benzene rings is 1. The zero-order chi connectivity index (χ0) is 15.1. The Labute approximate surface area is 134 Å². The second-order valence-corrected chi connectivity index (χ2v) is 6.22. The van der Waals surface area contributed by atoms with E-state index in [9.17, 15) is 4.79 Å². The lowest BCUT2D eigenvalue weighted by Gasteiger charge is -2.05. The summed E-state index contributed by atoms with van der Waals surface area (Å²) in [6.45, 7) is 2.72. The van der Waals surface area contributed by atoms with Gasteiger partial charge in [-0.1, -0.05) is 42.0 Å². The molecule has 0 spiro atoms. The van der Waals surface area contributed by atoms with Crippen LogP contribution in [0.5, 0.6) is 0 Å². The van der Waals surface area contributed by atoms with Crippen LogP contribution in [0.15, 0.2) is 42.6 Å². The average Bonchev–Trinajstić information content (AvgIpc) is 2.49. The number of pyridine rings is 1. The Balaban J connectivity index is 1.70. The second-order valence-electron chi connectivity index (χ2n) is 4.71. The molecule has 0 saturated heterocycles. The van der Waals surface area contributed by atoms with Crippen LogP contribution in [0.2, 0.25) is 0 Å². The third-order valence-corrected chi connectivity index (χ3v) is 4.35. The van der Waals surface area contributed by atoms with Gasteiger partial charge in [-0.25, -0.2) is 0 Å². The van der Waals surface area contributed by atoms with Gasteiger partial charge in [0.2, 0.25) is 0 Å². The molecule has 0 unspecified atom stereocenters. The van der Waals surface area contributed by atoms with Crippen LogP contribution in [0.25, 0.3) is 0 Å². The van der Waals surface area contributed by atoms with Crippen LogP contribution in [-0.4, -0.2) is 23.2 Å². The SMILES string of the molecule is Cc1ccc(CSCCNC(=O)c2ccc[nH]c2=S)cc1. The molecular weight excluding hydrogens is 300 g/mol. The maximum atomic E-state index is 11.9. The molecule has 1 aromatic carbocycles. The lowest BCUT2D eigenvalue weighted by Crippen LogP contribution is -2.26. The van der Waals surface area contributed by atoms with E-state index in [0.29, 0.717) is 16.7 Å². The molecule has 0 bridgehead atoms. The maximum Gasteiger partial charge on any atom is 0.254 e. The first-order valence-corrected chi connectivity index (χ1v) is 8.32. The van der Waals surface area contributed by atoms with Gasteiger partial charge >= 0.3 is 0 Å². The molecule has 1 aromatic heterocycles. The summed E-state index contributed by atoms with van der Waals surface area (Å²) >= 11 is 6.89. The molecular formula is C16H18N2OS2. The van der Waals surface area contributed by atoms with Gasteiger partial charge < -0.3 is 10.3 Å². The largest absolute Gasteiger partial charge is 0.352 e. The van der Waals surface area contributed by atoms with Crippen molar-refractivity contribution in [3.05, 3.63) is 63.9 Å². The Morgan fingerprint density at radius 2 is 2.05 bits per heavy atom. The van der Waals surface area contributed by atoms with Crippen LogP contribution >= 0.6 is 24.0 Å². The number of aromatic amines is 1. The number of amides is 1. The number of hydrogen-bond donors (Lipinski definition) is 2. The van der Waals surface area contributed by atoms with Crippen molar-refractivity contribution in [3.8, 4) is 0 Å². The predicted molar refractivity (Wildman–Crippen MR) is 91.3 cm³/mol. The summed E-state index contributed by atoms with van der Waals surface area (Å²) in [6.07, 6.45) is 1.72. The smallest absolute Gasteiger partial charge is 0.254 e. The molecule has 0 saturated carbocycles. The van der Waals surface area contributed by atoms with E-state index in [2.05, 4.69) is 41.5 Å².